The van der Waals surface area contributed by atoms with E-state index in [-0.39, 0.29) is 11.3 Å². The van der Waals surface area contributed by atoms with E-state index in [2.05, 4.69) is 32.0 Å². The number of hydrogen-bond donors (Lipinski definition) is 0. The Bertz CT molecular complexity index is 529. The number of nitrogens with zero attached hydrogens (tertiary/aromatic N) is 2. The van der Waals surface area contributed by atoms with Crippen LogP contribution in [0.2, 0.25) is 0 Å². The largest absolute Gasteiger partial charge is 0.361 e. The maximum absolute atomic E-state index is 12.1. The summed E-state index contributed by atoms with van der Waals surface area (Å²) in [5.74, 6) is 1.02. The molecule has 2 rings (SSSR count). The minimum absolute atomic E-state index is 0.207. The highest BCUT2D eigenvalue weighted by Crippen LogP contribution is 2.35. The lowest BCUT2D eigenvalue weighted by Gasteiger charge is -2.40. The maximum atomic E-state index is 12.1. The Morgan fingerprint density at radius 2 is 2.29 bits per heavy atom. The van der Waals surface area contributed by atoms with Crippen molar-refractivity contribution in [1.82, 2.24) is 10.1 Å². The van der Waals surface area contributed by atoms with Crippen LogP contribution in [0.4, 0.5) is 0 Å². The number of amides is 1. The number of piperidine rings is 1. The molecule has 2 heterocycles. The Hall–Kier alpha value is -1.58. The van der Waals surface area contributed by atoms with E-state index in [9.17, 15) is 4.79 Å². The molecule has 0 radical (unpaired) electrons. The van der Waals surface area contributed by atoms with E-state index < -0.39 is 0 Å². The Balaban J connectivity index is 1.97. The smallest absolute Gasteiger partial charge is 0.222 e. The van der Waals surface area contributed by atoms with Crippen molar-refractivity contribution in [3.63, 3.8) is 0 Å². The predicted octanol–water partition coefficient (Wildman–Crippen LogP) is 3.86. The molecule has 0 bridgehead atoms. The molecule has 1 fully saturated rings. The van der Waals surface area contributed by atoms with Gasteiger partial charge in [-0.05, 0) is 45.4 Å². The first-order valence-electron chi connectivity index (χ1n) is 7.71. The van der Waals surface area contributed by atoms with Crippen LogP contribution < -0.4 is 0 Å². The first-order chi connectivity index (χ1) is 9.88. The van der Waals surface area contributed by atoms with Crippen molar-refractivity contribution in [2.45, 2.75) is 59.9 Å². The van der Waals surface area contributed by atoms with Gasteiger partial charge in [-0.25, -0.2) is 0 Å². The zero-order valence-corrected chi connectivity index (χ0v) is 13.6. The number of aromatic nitrogens is 1. The van der Waals surface area contributed by atoms with Gasteiger partial charge >= 0.3 is 0 Å². The van der Waals surface area contributed by atoms with E-state index in [0.717, 1.165) is 37.3 Å². The molecule has 0 aliphatic carbocycles. The highest BCUT2D eigenvalue weighted by molar-refractivity contribution is 5.77. The summed E-state index contributed by atoms with van der Waals surface area (Å²) in [6.07, 6.45) is 6.12. The van der Waals surface area contributed by atoms with Crippen molar-refractivity contribution < 1.29 is 9.32 Å². The van der Waals surface area contributed by atoms with Gasteiger partial charge in [0.2, 0.25) is 5.91 Å². The lowest BCUT2D eigenvalue weighted by molar-refractivity contribution is -0.138. The zero-order valence-electron chi connectivity index (χ0n) is 13.6. The molecule has 1 aromatic rings. The second-order valence-corrected chi connectivity index (χ2v) is 6.81. The van der Waals surface area contributed by atoms with Crippen LogP contribution in [0.3, 0.4) is 0 Å². The van der Waals surface area contributed by atoms with Gasteiger partial charge in [-0.3, -0.25) is 4.79 Å². The number of carbonyl (C=O) groups excluding carboxylic acids is 1. The van der Waals surface area contributed by atoms with Crippen LogP contribution >= 0.6 is 0 Å². The molecule has 21 heavy (non-hydrogen) atoms. The van der Waals surface area contributed by atoms with E-state index in [4.69, 9.17) is 4.52 Å². The van der Waals surface area contributed by atoms with Gasteiger partial charge in [0.15, 0.2) is 0 Å². The summed E-state index contributed by atoms with van der Waals surface area (Å²) in [5, 5.41) is 4.00. The standard InChI is InChI=1S/C17H26N2O2/c1-13(2)6-5-8-17(4)9-7-16(20)19(12-17)11-15-10-14(3)21-18-15/h6,10H,5,7-9,11-12H2,1-4H3. The Labute approximate surface area is 127 Å². The first-order valence-corrected chi connectivity index (χ1v) is 7.71. The van der Waals surface area contributed by atoms with Crippen LogP contribution in [0, 0.1) is 12.3 Å². The van der Waals surface area contributed by atoms with Crippen LogP contribution in [0.5, 0.6) is 0 Å². The molecule has 1 aromatic heterocycles. The number of aryl methyl sites for hydroxylation is 1. The van der Waals surface area contributed by atoms with E-state index >= 15 is 0 Å². The zero-order chi connectivity index (χ0) is 15.5. The first kappa shape index (κ1) is 15.8. The Kier molecular flexibility index (Phi) is 4.86. The van der Waals surface area contributed by atoms with Crippen molar-refractivity contribution in [3.05, 3.63) is 29.2 Å². The molecule has 4 nitrogen and oxygen atoms in total. The Morgan fingerprint density at radius 1 is 1.52 bits per heavy atom. The van der Waals surface area contributed by atoms with Crippen molar-refractivity contribution in [3.8, 4) is 0 Å². The van der Waals surface area contributed by atoms with Crippen LogP contribution in [0.1, 0.15) is 57.9 Å². The lowest BCUT2D eigenvalue weighted by atomic mass is 9.77. The SMILES string of the molecule is CC(C)=CCCC1(C)CCC(=O)N(Cc2cc(C)on2)C1. The van der Waals surface area contributed by atoms with Crippen molar-refractivity contribution in [2.75, 3.05) is 6.54 Å². The molecular weight excluding hydrogens is 264 g/mol. The van der Waals surface area contributed by atoms with Crippen LogP contribution in [0.25, 0.3) is 0 Å². The normalized spacial score (nSPS) is 22.5. The molecule has 0 aromatic carbocycles. The molecule has 1 saturated heterocycles. The number of allylic oxidation sites excluding steroid dienone is 2. The molecule has 1 aliphatic rings. The third kappa shape index (κ3) is 4.45. The molecule has 1 atom stereocenters. The molecule has 1 amide bonds. The second kappa shape index (κ2) is 6.46. The van der Waals surface area contributed by atoms with Crippen LogP contribution in [0.15, 0.2) is 22.2 Å². The van der Waals surface area contributed by atoms with Gasteiger partial charge in [-0.2, -0.15) is 0 Å². The maximum Gasteiger partial charge on any atom is 0.222 e. The molecular formula is C17H26N2O2. The third-order valence-corrected chi connectivity index (χ3v) is 4.20. The number of hydrogen-bond acceptors (Lipinski definition) is 3. The topological polar surface area (TPSA) is 46.3 Å². The van der Waals surface area contributed by atoms with Crippen LogP contribution in [-0.2, 0) is 11.3 Å². The highest BCUT2D eigenvalue weighted by Gasteiger charge is 2.34. The number of carbonyl (C=O) groups is 1. The summed E-state index contributed by atoms with van der Waals surface area (Å²) in [4.78, 5) is 14.1. The molecule has 0 spiro atoms. The van der Waals surface area contributed by atoms with Crippen LogP contribution in [-0.4, -0.2) is 22.5 Å². The third-order valence-electron chi connectivity index (χ3n) is 4.20. The summed E-state index contributed by atoms with van der Waals surface area (Å²) in [6.45, 7) is 9.80. The molecule has 4 heteroatoms. The summed E-state index contributed by atoms with van der Waals surface area (Å²) in [7, 11) is 0. The average molecular weight is 290 g/mol. The predicted molar refractivity (Wildman–Crippen MR) is 82.7 cm³/mol. The quantitative estimate of drug-likeness (QED) is 0.774. The molecule has 0 saturated carbocycles. The van der Waals surface area contributed by atoms with Gasteiger partial charge in [0.25, 0.3) is 0 Å². The average Bonchev–Trinajstić information content (AvgIpc) is 2.79. The minimum atomic E-state index is 0.207. The molecule has 116 valence electrons. The highest BCUT2D eigenvalue weighted by atomic mass is 16.5. The summed E-state index contributed by atoms with van der Waals surface area (Å²) in [5.41, 5.74) is 2.41. The van der Waals surface area contributed by atoms with Gasteiger partial charge in [-0.1, -0.05) is 23.7 Å². The summed E-state index contributed by atoms with van der Waals surface area (Å²) in [6, 6.07) is 1.91. The molecule has 1 unspecified atom stereocenters. The van der Waals surface area contributed by atoms with Gasteiger partial charge in [-0.15, -0.1) is 0 Å². The van der Waals surface area contributed by atoms with Gasteiger partial charge in [0, 0.05) is 19.0 Å². The van der Waals surface area contributed by atoms with Crippen molar-refractivity contribution in [1.29, 1.82) is 0 Å². The van der Waals surface area contributed by atoms with E-state index in [0.29, 0.717) is 13.0 Å². The fourth-order valence-electron chi connectivity index (χ4n) is 2.94. The summed E-state index contributed by atoms with van der Waals surface area (Å²) >= 11 is 0. The van der Waals surface area contributed by atoms with Crippen molar-refractivity contribution in [2.24, 2.45) is 5.41 Å². The minimum Gasteiger partial charge on any atom is -0.361 e. The molecule has 1 aliphatic heterocycles. The summed E-state index contributed by atoms with van der Waals surface area (Å²) < 4.78 is 5.09. The number of likely N-dealkylation sites (tertiary alicyclic amines) is 1. The van der Waals surface area contributed by atoms with Crippen molar-refractivity contribution >= 4 is 5.91 Å². The lowest BCUT2D eigenvalue weighted by Crippen LogP contribution is -2.44. The fraction of sp³-hybridized carbons (Fsp3) is 0.647. The van der Waals surface area contributed by atoms with E-state index in [1.807, 2.05) is 17.9 Å². The molecule has 0 N–H and O–H groups in total. The Morgan fingerprint density at radius 3 is 2.90 bits per heavy atom. The van der Waals surface area contributed by atoms with Gasteiger partial charge in [0.05, 0.1) is 6.54 Å². The van der Waals surface area contributed by atoms with Gasteiger partial charge < -0.3 is 9.42 Å². The van der Waals surface area contributed by atoms with E-state index in [1.165, 1.54) is 5.57 Å². The number of rotatable bonds is 5. The fourth-order valence-corrected chi connectivity index (χ4v) is 2.94. The van der Waals surface area contributed by atoms with E-state index in [1.54, 1.807) is 0 Å². The second-order valence-electron chi connectivity index (χ2n) is 6.81. The van der Waals surface area contributed by atoms with Gasteiger partial charge in [0.1, 0.15) is 11.5 Å². The monoisotopic (exact) mass is 290 g/mol.